The van der Waals surface area contributed by atoms with Crippen LogP contribution in [0.5, 0.6) is 0 Å². The number of ketones is 1. The Kier molecular flexibility index (Phi) is 4.69. The van der Waals surface area contributed by atoms with E-state index in [2.05, 4.69) is 4.98 Å². The van der Waals surface area contributed by atoms with E-state index in [9.17, 15) is 9.59 Å². The summed E-state index contributed by atoms with van der Waals surface area (Å²) in [6, 6.07) is 7.64. The Labute approximate surface area is 140 Å². The number of H-pyrrole nitrogens is 1. The Hall–Kier alpha value is -2.18. The fourth-order valence-electron chi connectivity index (χ4n) is 3.46. The second-order valence-corrected chi connectivity index (χ2v) is 6.01. The van der Waals surface area contributed by atoms with Gasteiger partial charge in [-0.2, -0.15) is 0 Å². The van der Waals surface area contributed by atoms with Crippen molar-refractivity contribution in [2.45, 2.75) is 32.1 Å². The van der Waals surface area contributed by atoms with Crippen LogP contribution in [0.4, 0.5) is 0 Å². The number of benzene rings is 1. The summed E-state index contributed by atoms with van der Waals surface area (Å²) in [5.74, 6) is 0.0284. The molecule has 0 radical (unpaired) electrons. The van der Waals surface area contributed by atoms with Crippen molar-refractivity contribution in [1.29, 1.82) is 0 Å². The topological polar surface area (TPSA) is 71.6 Å². The van der Waals surface area contributed by atoms with E-state index in [0.29, 0.717) is 25.1 Å². The van der Waals surface area contributed by atoms with Crippen molar-refractivity contribution < 1.29 is 19.1 Å². The second kappa shape index (κ2) is 6.75. The molecule has 0 bridgehead atoms. The molecule has 6 heteroatoms. The van der Waals surface area contributed by atoms with E-state index < -0.39 is 6.29 Å². The van der Waals surface area contributed by atoms with E-state index in [1.807, 2.05) is 24.3 Å². The number of aromatic amines is 1. The number of hydrogen-bond donors (Lipinski definition) is 1. The molecule has 0 saturated heterocycles. The molecule has 2 aromatic rings. The fourth-order valence-corrected chi connectivity index (χ4v) is 3.46. The lowest BCUT2D eigenvalue weighted by Gasteiger charge is -2.35. The monoisotopic (exact) mass is 330 g/mol. The Balaban J connectivity index is 2.07. The van der Waals surface area contributed by atoms with Gasteiger partial charge in [0.15, 0.2) is 12.1 Å². The van der Waals surface area contributed by atoms with Gasteiger partial charge in [-0.3, -0.25) is 9.59 Å². The first-order valence-electron chi connectivity index (χ1n) is 8.03. The summed E-state index contributed by atoms with van der Waals surface area (Å²) < 4.78 is 10.5. The zero-order valence-electron chi connectivity index (χ0n) is 14.2. The summed E-state index contributed by atoms with van der Waals surface area (Å²) >= 11 is 0. The highest BCUT2D eigenvalue weighted by molar-refractivity contribution is 6.04. The van der Waals surface area contributed by atoms with Gasteiger partial charge in [-0.1, -0.05) is 18.2 Å². The van der Waals surface area contributed by atoms with Crippen molar-refractivity contribution in [3.63, 3.8) is 0 Å². The predicted octanol–water partition coefficient (Wildman–Crippen LogP) is 2.65. The molecule has 1 amide bonds. The van der Waals surface area contributed by atoms with Crippen molar-refractivity contribution in [3.05, 3.63) is 35.5 Å². The number of fused-ring (bicyclic) bond motifs is 3. The van der Waals surface area contributed by atoms with Gasteiger partial charge >= 0.3 is 0 Å². The number of nitrogens with zero attached hydrogens (tertiary/aromatic N) is 1. The van der Waals surface area contributed by atoms with E-state index in [4.69, 9.17) is 9.47 Å². The third-order valence-corrected chi connectivity index (χ3v) is 4.66. The Morgan fingerprint density at radius 1 is 1.33 bits per heavy atom. The van der Waals surface area contributed by atoms with Gasteiger partial charge in [-0.05, 0) is 12.5 Å². The normalized spacial score (nSPS) is 17.3. The molecule has 1 atom stereocenters. The maximum atomic E-state index is 12.3. The number of para-hydroxylation sites is 1. The van der Waals surface area contributed by atoms with Gasteiger partial charge in [0.2, 0.25) is 5.91 Å². The first-order chi connectivity index (χ1) is 11.6. The number of carbonyl (C=O) groups excluding carboxylic acids is 2. The first-order valence-corrected chi connectivity index (χ1v) is 8.03. The lowest BCUT2D eigenvalue weighted by Crippen LogP contribution is -2.41. The number of amides is 1. The van der Waals surface area contributed by atoms with Crippen LogP contribution >= 0.6 is 0 Å². The van der Waals surface area contributed by atoms with Crippen LogP contribution in [-0.4, -0.2) is 48.6 Å². The van der Waals surface area contributed by atoms with Crippen molar-refractivity contribution in [1.82, 2.24) is 9.88 Å². The second-order valence-electron chi connectivity index (χ2n) is 6.01. The molecule has 24 heavy (non-hydrogen) atoms. The number of methoxy groups -OCH3 is 2. The standard InChI is InChI=1S/C18H22N2O4/c1-11(21)20(10-16(23-2)24-3)14-8-9-15(22)18-17(14)12-6-4-5-7-13(12)19-18/h4-7,14,16,19H,8-10H2,1-3H3. The van der Waals surface area contributed by atoms with Crippen LogP contribution in [-0.2, 0) is 14.3 Å². The molecule has 0 saturated carbocycles. The molecule has 1 N–H and O–H groups in total. The molecule has 0 spiro atoms. The van der Waals surface area contributed by atoms with E-state index in [0.717, 1.165) is 16.5 Å². The number of nitrogens with one attached hydrogen (secondary N) is 1. The van der Waals surface area contributed by atoms with E-state index in [1.54, 1.807) is 19.1 Å². The molecule has 1 aromatic heterocycles. The van der Waals surface area contributed by atoms with Crippen LogP contribution in [0.15, 0.2) is 24.3 Å². The zero-order valence-corrected chi connectivity index (χ0v) is 14.2. The number of Topliss-reactive ketones (excluding diaryl/α,β-unsaturated/α-hetero) is 1. The molecule has 1 aliphatic rings. The maximum Gasteiger partial charge on any atom is 0.220 e. The van der Waals surface area contributed by atoms with Crippen LogP contribution < -0.4 is 0 Å². The average Bonchev–Trinajstić information content (AvgIpc) is 2.97. The van der Waals surface area contributed by atoms with E-state index in [1.165, 1.54) is 6.92 Å². The molecule has 1 aliphatic carbocycles. The number of rotatable bonds is 5. The molecule has 6 nitrogen and oxygen atoms in total. The minimum absolute atomic E-state index is 0.0651. The van der Waals surface area contributed by atoms with Gasteiger partial charge in [-0.25, -0.2) is 0 Å². The number of carbonyl (C=O) groups is 2. The molecule has 3 rings (SSSR count). The molecule has 1 unspecified atom stereocenters. The van der Waals surface area contributed by atoms with Crippen LogP contribution in [0.25, 0.3) is 10.9 Å². The zero-order chi connectivity index (χ0) is 17.3. The van der Waals surface area contributed by atoms with Gasteiger partial charge in [-0.15, -0.1) is 0 Å². The number of ether oxygens (including phenoxy) is 2. The molecule has 1 aromatic carbocycles. The highest BCUT2D eigenvalue weighted by Gasteiger charge is 2.35. The largest absolute Gasteiger partial charge is 0.354 e. The quantitative estimate of drug-likeness (QED) is 0.856. The van der Waals surface area contributed by atoms with Crippen LogP contribution in [0.1, 0.15) is 41.9 Å². The summed E-state index contributed by atoms with van der Waals surface area (Å²) in [7, 11) is 3.10. The molecule has 128 valence electrons. The average molecular weight is 330 g/mol. The minimum atomic E-state index is -0.500. The van der Waals surface area contributed by atoms with E-state index >= 15 is 0 Å². The van der Waals surface area contributed by atoms with Gasteiger partial charge in [0, 0.05) is 44.0 Å². The van der Waals surface area contributed by atoms with Gasteiger partial charge < -0.3 is 19.4 Å². The summed E-state index contributed by atoms with van der Waals surface area (Å²) in [5.41, 5.74) is 2.44. The highest BCUT2D eigenvalue weighted by atomic mass is 16.7. The lowest BCUT2D eigenvalue weighted by atomic mass is 9.88. The van der Waals surface area contributed by atoms with Crippen LogP contribution in [0.3, 0.4) is 0 Å². The number of aromatic nitrogens is 1. The van der Waals surface area contributed by atoms with Gasteiger partial charge in [0.05, 0.1) is 18.3 Å². The summed E-state index contributed by atoms with van der Waals surface area (Å²) in [4.78, 5) is 29.6. The molecule has 1 heterocycles. The third-order valence-electron chi connectivity index (χ3n) is 4.66. The first kappa shape index (κ1) is 16.7. The van der Waals surface area contributed by atoms with Gasteiger partial charge in [0.1, 0.15) is 0 Å². The minimum Gasteiger partial charge on any atom is -0.354 e. The summed E-state index contributed by atoms with van der Waals surface area (Å²) in [6.45, 7) is 1.85. The SMILES string of the molecule is COC(CN(C(C)=O)C1CCC(=O)c2[nH]c3ccccc3c21)OC. The van der Waals surface area contributed by atoms with Crippen molar-refractivity contribution >= 4 is 22.6 Å². The Bertz CT molecular complexity index is 763. The van der Waals surface area contributed by atoms with Crippen LogP contribution in [0.2, 0.25) is 0 Å². The van der Waals surface area contributed by atoms with Crippen molar-refractivity contribution in [2.75, 3.05) is 20.8 Å². The predicted molar refractivity (Wildman–Crippen MR) is 89.8 cm³/mol. The van der Waals surface area contributed by atoms with Crippen molar-refractivity contribution in [2.24, 2.45) is 0 Å². The lowest BCUT2D eigenvalue weighted by molar-refractivity contribution is -0.148. The fraction of sp³-hybridized carbons (Fsp3) is 0.444. The molecule has 0 fully saturated rings. The van der Waals surface area contributed by atoms with Crippen molar-refractivity contribution in [3.8, 4) is 0 Å². The van der Waals surface area contributed by atoms with Crippen LogP contribution in [0, 0.1) is 0 Å². The Morgan fingerprint density at radius 2 is 2.04 bits per heavy atom. The smallest absolute Gasteiger partial charge is 0.220 e. The van der Waals surface area contributed by atoms with Gasteiger partial charge in [0.25, 0.3) is 0 Å². The van der Waals surface area contributed by atoms with E-state index in [-0.39, 0.29) is 17.7 Å². The maximum absolute atomic E-state index is 12.3. The molecular weight excluding hydrogens is 308 g/mol. The molecule has 0 aliphatic heterocycles. The Morgan fingerprint density at radius 3 is 2.71 bits per heavy atom. The summed E-state index contributed by atoms with van der Waals surface area (Å²) in [5, 5.41) is 0.989. The highest BCUT2D eigenvalue weighted by Crippen LogP contribution is 2.39. The molecular formula is C18H22N2O4. The summed E-state index contributed by atoms with van der Waals surface area (Å²) in [6.07, 6.45) is 0.520. The third kappa shape index (κ3) is 2.83. The number of hydrogen-bond acceptors (Lipinski definition) is 4.